The van der Waals surface area contributed by atoms with Crippen LogP contribution in [0.2, 0.25) is 0 Å². The van der Waals surface area contributed by atoms with Crippen LogP contribution in [0.15, 0.2) is 12.3 Å². The number of hydrogen-bond acceptors (Lipinski definition) is 4. The van der Waals surface area contributed by atoms with Crippen LogP contribution in [0.1, 0.15) is 31.7 Å². The number of hydrogen-bond donors (Lipinski definition) is 1. The van der Waals surface area contributed by atoms with Crippen molar-refractivity contribution in [2.24, 2.45) is 0 Å². The van der Waals surface area contributed by atoms with Gasteiger partial charge in [-0.2, -0.15) is 5.26 Å². The smallest absolute Gasteiger partial charge is 0.152 e. The summed E-state index contributed by atoms with van der Waals surface area (Å²) >= 11 is 0. The van der Waals surface area contributed by atoms with Gasteiger partial charge in [0.1, 0.15) is 6.07 Å². The molecule has 0 amide bonds. The third kappa shape index (κ3) is 1.81. The lowest BCUT2D eigenvalue weighted by atomic mass is 10.1. The Labute approximate surface area is 95.7 Å². The minimum atomic E-state index is 0.522. The molecule has 1 aliphatic rings. The molecule has 84 valence electrons. The lowest BCUT2D eigenvalue weighted by Crippen LogP contribution is -2.30. The Kier molecular flexibility index (Phi) is 2.95. The molecule has 0 saturated carbocycles. The largest absolute Gasteiger partial charge is 0.396 e. The molecule has 1 aliphatic heterocycles. The molecule has 2 N–H and O–H groups in total. The second kappa shape index (κ2) is 4.40. The van der Waals surface area contributed by atoms with Crippen molar-refractivity contribution in [3.8, 4) is 6.07 Å². The lowest BCUT2D eigenvalue weighted by Gasteiger charge is -2.25. The molecule has 1 saturated heterocycles. The number of rotatable bonds is 2. The Bertz CT molecular complexity index is 422. The highest BCUT2D eigenvalue weighted by molar-refractivity contribution is 5.65. The van der Waals surface area contributed by atoms with Crippen molar-refractivity contribution in [2.45, 2.75) is 32.2 Å². The first kappa shape index (κ1) is 10.7. The van der Waals surface area contributed by atoms with Crippen LogP contribution in [0.3, 0.4) is 0 Å². The highest BCUT2D eigenvalue weighted by Crippen LogP contribution is 2.29. The van der Waals surface area contributed by atoms with Gasteiger partial charge in [0.05, 0.1) is 11.3 Å². The fourth-order valence-corrected chi connectivity index (χ4v) is 2.31. The van der Waals surface area contributed by atoms with Gasteiger partial charge in [0.15, 0.2) is 5.82 Å². The average Bonchev–Trinajstić information content (AvgIpc) is 2.76. The third-order valence-corrected chi connectivity index (χ3v) is 3.14. The predicted octanol–water partition coefficient (Wildman–Crippen LogP) is 1.91. The van der Waals surface area contributed by atoms with E-state index in [0.717, 1.165) is 18.8 Å². The molecule has 1 atom stereocenters. The van der Waals surface area contributed by atoms with Gasteiger partial charge in [-0.25, -0.2) is 4.98 Å². The molecule has 1 unspecified atom stereocenters. The summed E-state index contributed by atoms with van der Waals surface area (Å²) in [6.07, 6.45) is 5.11. The van der Waals surface area contributed by atoms with E-state index >= 15 is 0 Å². The van der Waals surface area contributed by atoms with Crippen LogP contribution < -0.4 is 10.6 Å². The first-order valence-corrected chi connectivity index (χ1v) is 5.68. The van der Waals surface area contributed by atoms with Gasteiger partial charge in [-0.3, -0.25) is 0 Å². The fraction of sp³-hybridized carbons (Fsp3) is 0.500. The van der Waals surface area contributed by atoms with E-state index in [0.29, 0.717) is 17.3 Å². The number of pyridine rings is 1. The third-order valence-electron chi connectivity index (χ3n) is 3.14. The van der Waals surface area contributed by atoms with Crippen LogP contribution in [0.4, 0.5) is 11.5 Å². The van der Waals surface area contributed by atoms with E-state index in [-0.39, 0.29) is 0 Å². The summed E-state index contributed by atoms with van der Waals surface area (Å²) in [4.78, 5) is 6.57. The molecular formula is C12H16N4. The number of aromatic nitrogens is 1. The fourth-order valence-electron chi connectivity index (χ4n) is 2.31. The number of nitriles is 1. The van der Waals surface area contributed by atoms with E-state index < -0.39 is 0 Å². The molecule has 0 spiro atoms. The second-order valence-corrected chi connectivity index (χ2v) is 4.15. The summed E-state index contributed by atoms with van der Waals surface area (Å²) < 4.78 is 0. The van der Waals surface area contributed by atoms with Crippen LogP contribution in [-0.2, 0) is 0 Å². The van der Waals surface area contributed by atoms with Gasteiger partial charge in [0.2, 0.25) is 0 Å². The Morgan fingerprint density at radius 2 is 2.50 bits per heavy atom. The summed E-state index contributed by atoms with van der Waals surface area (Å²) in [6.45, 7) is 3.20. The van der Waals surface area contributed by atoms with E-state index in [4.69, 9.17) is 11.0 Å². The maximum Gasteiger partial charge on any atom is 0.152 e. The zero-order valence-electron chi connectivity index (χ0n) is 9.48. The molecule has 1 aromatic rings. The Hall–Kier alpha value is -1.76. The van der Waals surface area contributed by atoms with Crippen molar-refractivity contribution in [3.05, 3.63) is 17.8 Å². The van der Waals surface area contributed by atoms with E-state index in [2.05, 4.69) is 16.8 Å². The topological polar surface area (TPSA) is 65.9 Å². The van der Waals surface area contributed by atoms with Gasteiger partial charge >= 0.3 is 0 Å². The van der Waals surface area contributed by atoms with Crippen LogP contribution in [0, 0.1) is 11.3 Å². The molecule has 0 radical (unpaired) electrons. The van der Waals surface area contributed by atoms with Crippen LogP contribution in [0.25, 0.3) is 0 Å². The summed E-state index contributed by atoms with van der Waals surface area (Å²) in [5.74, 6) is 0.836. The van der Waals surface area contributed by atoms with Crippen molar-refractivity contribution in [1.29, 1.82) is 5.26 Å². The van der Waals surface area contributed by atoms with E-state index in [1.165, 1.54) is 12.8 Å². The SMILES string of the molecule is CCC1CCCN1c1ncc(C#N)cc1N. The highest BCUT2D eigenvalue weighted by Gasteiger charge is 2.25. The quantitative estimate of drug-likeness (QED) is 0.820. The molecule has 2 rings (SSSR count). The minimum Gasteiger partial charge on any atom is -0.396 e. The monoisotopic (exact) mass is 216 g/mol. The van der Waals surface area contributed by atoms with Crippen molar-refractivity contribution in [3.63, 3.8) is 0 Å². The highest BCUT2D eigenvalue weighted by atomic mass is 15.2. The first-order valence-electron chi connectivity index (χ1n) is 5.68. The zero-order chi connectivity index (χ0) is 11.5. The summed E-state index contributed by atoms with van der Waals surface area (Å²) in [6, 6.07) is 4.30. The molecule has 0 aliphatic carbocycles. The normalized spacial score (nSPS) is 19.8. The van der Waals surface area contributed by atoms with Crippen LogP contribution in [0.5, 0.6) is 0 Å². The lowest BCUT2D eigenvalue weighted by molar-refractivity contribution is 0.641. The second-order valence-electron chi connectivity index (χ2n) is 4.15. The Balaban J connectivity index is 2.30. The van der Waals surface area contributed by atoms with Crippen LogP contribution in [-0.4, -0.2) is 17.6 Å². The van der Waals surface area contributed by atoms with Gasteiger partial charge in [0, 0.05) is 18.8 Å². The number of nitrogens with two attached hydrogens (primary N) is 1. The zero-order valence-corrected chi connectivity index (χ0v) is 9.48. The maximum absolute atomic E-state index is 8.76. The van der Waals surface area contributed by atoms with Gasteiger partial charge in [-0.05, 0) is 25.3 Å². The van der Waals surface area contributed by atoms with E-state index in [1.54, 1.807) is 12.3 Å². The molecule has 0 aromatic carbocycles. The molecule has 1 aromatic heterocycles. The van der Waals surface area contributed by atoms with E-state index in [9.17, 15) is 0 Å². The molecular weight excluding hydrogens is 200 g/mol. The minimum absolute atomic E-state index is 0.522. The average molecular weight is 216 g/mol. The number of nitrogen functional groups attached to an aromatic ring is 1. The molecule has 0 bridgehead atoms. The molecule has 16 heavy (non-hydrogen) atoms. The van der Waals surface area contributed by atoms with E-state index in [1.807, 2.05) is 6.07 Å². The molecule has 1 fully saturated rings. The van der Waals surface area contributed by atoms with Gasteiger partial charge in [-0.15, -0.1) is 0 Å². The van der Waals surface area contributed by atoms with Crippen molar-refractivity contribution in [2.75, 3.05) is 17.2 Å². The van der Waals surface area contributed by atoms with Gasteiger partial charge in [0.25, 0.3) is 0 Å². The first-order chi connectivity index (χ1) is 7.76. The van der Waals surface area contributed by atoms with Crippen molar-refractivity contribution >= 4 is 11.5 Å². The standard InChI is InChI=1S/C12H16N4/c1-2-10-4-3-5-16(10)12-11(14)6-9(7-13)8-15-12/h6,8,10H,2-5,14H2,1H3. The summed E-state index contributed by atoms with van der Waals surface area (Å²) in [7, 11) is 0. The Morgan fingerprint density at radius 3 is 3.12 bits per heavy atom. The maximum atomic E-state index is 8.76. The molecule has 2 heterocycles. The Morgan fingerprint density at radius 1 is 1.69 bits per heavy atom. The van der Waals surface area contributed by atoms with Crippen LogP contribution >= 0.6 is 0 Å². The summed E-state index contributed by atoms with van der Waals surface area (Å²) in [5.41, 5.74) is 7.07. The van der Waals surface area contributed by atoms with Gasteiger partial charge < -0.3 is 10.6 Å². The number of anilines is 2. The molecule has 4 nitrogen and oxygen atoms in total. The van der Waals surface area contributed by atoms with Crippen molar-refractivity contribution < 1.29 is 0 Å². The van der Waals surface area contributed by atoms with Gasteiger partial charge in [-0.1, -0.05) is 6.92 Å². The summed E-state index contributed by atoms with van der Waals surface area (Å²) in [5, 5.41) is 8.76. The number of nitrogens with zero attached hydrogens (tertiary/aromatic N) is 3. The van der Waals surface area contributed by atoms with Crippen molar-refractivity contribution in [1.82, 2.24) is 4.98 Å². The molecule has 4 heteroatoms. The predicted molar refractivity (Wildman–Crippen MR) is 64.0 cm³/mol.